The van der Waals surface area contributed by atoms with Crippen molar-refractivity contribution in [1.29, 1.82) is 0 Å². The Morgan fingerprint density at radius 1 is 0.500 bits per heavy atom. The Hall–Kier alpha value is 0.720. The van der Waals surface area contributed by atoms with Crippen molar-refractivity contribution in [2.75, 3.05) is 0 Å². The first-order valence-corrected chi connectivity index (χ1v) is 15.8. The minimum Gasteiger partial charge on any atom is -0.0902 e. The largest absolute Gasteiger partial charge is 0.0902 e. The molecule has 4 aliphatic heterocycles. The summed E-state index contributed by atoms with van der Waals surface area (Å²) in [5.74, 6) is 0. The van der Waals surface area contributed by atoms with Crippen molar-refractivity contribution in [3.63, 3.8) is 0 Å². The lowest BCUT2D eigenvalue weighted by molar-refractivity contribution is 0.739. The number of hydrogen-bond donors (Lipinski definition) is 0. The van der Waals surface area contributed by atoms with E-state index in [1.807, 2.05) is 94.1 Å². The Labute approximate surface area is 201 Å². The Morgan fingerprint density at radius 2 is 0.821 bits per heavy atom. The van der Waals surface area contributed by atoms with Crippen LogP contribution in [-0.2, 0) is 0 Å². The van der Waals surface area contributed by atoms with Gasteiger partial charge in [0.05, 0.1) is 8.47 Å². The van der Waals surface area contributed by atoms with Crippen LogP contribution in [0.15, 0.2) is 83.5 Å². The second-order valence-electron chi connectivity index (χ2n) is 5.79. The molecule has 0 saturated heterocycles. The van der Waals surface area contributed by atoms with Crippen LogP contribution in [-0.4, -0.2) is 0 Å². The van der Waals surface area contributed by atoms with E-state index in [0.29, 0.717) is 0 Å². The summed E-state index contributed by atoms with van der Waals surface area (Å²) in [5.41, 5.74) is 3.01. The van der Waals surface area contributed by atoms with E-state index in [2.05, 4.69) is 55.4 Å². The van der Waals surface area contributed by atoms with Gasteiger partial charge in [0.1, 0.15) is 0 Å². The Bertz CT molecular complexity index is 728. The van der Waals surface area contributed by atoms with Gasteiger partial charge in [-0.2, -0.15) is 0 Å². The van der Waals surface area contributed by atoms with E-state index in [0.717, 1.165) is 12.8 Å². The summed E-state index contributed by atoms with van der Waals surface area (Å²) in [4.78, 5) is 0. The summed E-state index contributed by atoms with van der Waals surface area (Å²) in [6.07, 6.45) is 9.59. The van der Waals surface area contributed by atoms with Gasteiger partial charge in [-0.25, -0.2) is 0 Å². The third-order valence-electron chi connectivity index (χ3n) is 3.91. The molecule has 4 aliphatic rings. The number of rotatable bonds is 7. The molecule has 8 heteroatoms. The highest BCUT2D eigenvalue weighted by Gasteiger charge is 2.14. The van der Waals surface area contributed by atoms with Gasteiger partial charge >= 0.3 is 0 Å². The van der Waals surface area contributed by atoms with E-state index >= 15 is 0 Å². The first-order valence-electron chi connectivity index (χ1n) is 8.71. The quantitative estimate of drug-likeness (QED) is 0.304. The van der Waals surface area contributed by atoms with Crippen LogP contribution in [0.2, 0.25) is 0 Å². The molecule has 28 heavy (non-hydrogen) atoms. The van der Waals surface area contributed by atoms with Crippen molar-refractivity contribution in [1.82, 2.24) is 0 Å². The summed E-state index contributed by atoms with van der Waals surface area (Å²) >= 11 is 14.9. The smallest absolute Gasteiger partial charge is 0.0519 e. The summed E-state index contributed by atoms with van der Waals surface area (Å²) in [6, 6.07) is 0. The molecule has 4 rings (SSSR count). The highest BCUT2D eigenvalue weighted by Crippen LogP contribution is 2.46. The topological polar surface area (TPSA) is 0 Å². The number of thioether (sulfide) groups is 8. The lowest BCUT2D eigenvalue weighted by Crippen LogP contribution is -1.88. The van der Waals surface area contributed by atoms with Gasteiger partial charge in [0.2, 0.25) is 0 Å². The first kappa shape index (κ1) is 21.9. The van der Waals surface area contributed by atoms with Crippen LogP contribution >= 0.6 is 94.1 Å². The van der Waals surface area contributed by atoms with Gasteiger partial charge in [0.15, 0.2) is 0 Å². The van der Waals surface area contributed by atoms with Crippen LogP contribution in [0.5, 0.6) is 0 Å². The van der Waals surface area contributed by atoms with Gasteiger partial charge in [-0.1, -0.05) is 94.1 Å². The monoisotopic (exact) mass is 514 g/mol. The molecule has 0 aromatic rings. The Morgan fingerprint density at radius 3 is 1.18 bits per heavy atom. The van der Waals surface area contributed by atoms with Crippen LogP contribution in [0.25, 0.3) is 0 Å². The molecule has 0 aromatic carbocycles. The molecular formula is C20H18S8. The van der Waals surface area contributed by atoms with E-state index in [9.17, 15) is 0 Å². The SMILES string of the molecule is C1=CSC(=CC(CCCCC(C=C2SC=CS2)=C2SC=CS2)=C2SC=CS2)S1. The highest BCUT2D eigenvalue weighted by molar-refractivity contribution is 8.28. The van der Waals surface area contributed by atoms with Gasteiger partial charge in [-0.3, -0.25) is 0 Å². The molecule has 0 unspecified atom stereocenters. The van der Waals surface area contributed by atoms with Crippen molar-refractivity contribution in [3.8, 4) is 0 Å². The van der Waals surface area contributed by atoms with Crippen molar-refractivity contribution in [2.45, 2.75) is 25.7 Å². The molecule has 0 saturated carbocycles. The average molecular weight is 515 g/mol. The first-order chi connectivity index (χ1) is 13.9. The van der Waals surface area contributed by atoms with Crippen molar-refractivity contribution in [3.05, 3.63) is 83.5 Å². The lowest BCUT2D eigenvalue weighted by Gasteiger charge is -2.10. The molecule has 0 fully saturated rings. The van der Waals surface area contributed by atoms with Crippen molar-refractivity contribution < 1.29 is 0 Å². The minimum absolute atomic E-state index is 1.16. The maximum absolute atomic E-state index is 2.41. The predicted octanol–water partition coefficient (Wildman–Crippen LogP) is 10.5. The molecule has 0 bridgehead atoms. The average Bonchev–Trinajstić information content (AvgIpc) is 3.51. The normalized spacial score (nSPS) is 20.1. The van der Waals surface area contributed by atoms with Gasteiger partial charge in [0, 0.05) is 8.47 Å². The second-order valence-corrected chi connectivity index (χ2v) is 14.3. The molecule has 0 nitrogen and oxygen atoms in total. The summed E-state index contributed by atoms with van der Waals surface area (Å²) < 4.78 is 5.71. The third kappa shape index (κ3) is 6.61. The van der Waals surface area contributed by atoms with E-state index in [4.69, 9.17) is 0 Å². The van der Waals surface area contributed by atoms with Gasteiger partial charge in [0.25, 0.3) is 0 Å². The van der Waals surface area contributed by atoms with Crippen molar-refractivity contribution in [2.24, 2.45) is 0 Å². The number of unbranched alkanes of at least 4 members (excludes halogenated alkanes) is 1. The number of allylic oxidation sites excluding steroid dienone is 4. The molecule has 0 aliphatic carbocycles. The van der Waals surface area contributed by atoms with E-state index in [-0.39, 0.29) is 0 Å². The summed E-state index contributed by atoms with van der Waals surface area (Å²) in [6.45, 7) is 0. The van der Waals surface area contributed by atoms with Gasteiger partial charge in [-0.05, 0) is 92.2 Å². The van der Waals surface area contributed by atoms with E-state index < -0.39 is 0 Å². The maximum atomic E-state index is 2.41. The van der Waals surface area contributed by atoms with Crippen LogP contribution < -0.4 is 0 Å². The van der Waals surface area contributed by atoms with Crippen LogP contribution in [0.3, 0.4) is 0 Å². The molecular weight excluding hydrogens is 497 g/mol. The second kappa shape index (κ2) is 11.9. The molecule has 0 N–H and O–H groups in total. The zero-order valence-corrected chi connectivity index (χ0v) is 21.4. The number of hydrogen-bond acceptors (Lipinski definition) is 8. The Kier molecular flexibility index (Phi) is 9.35. The van der Waals surface area contributed by atoms with E-state index in [1.54, 1.807) is 0 Å². The molecule has 0 aromatic heterocycles. The van der Waals surface area contributed by atoms with Gasteiger partial charge < -0.3 is 0 Å². The predicted molar refractivity (Wildman–Crippen MR) is 146 cm³/mol. The highest BCUT2D eigenvalue weighted by atomic mass is 32.2. The fourth-order valence-corrected chi connectivity index (χ4v) is 9.79. The molecule has 0 spiro atoms. The van der Waals surface area contributed by atoms with Crippen LogP contribution in [0.4, 0.5) is 0 Å². The molecule has 4 heterocycles. The van der Waals surface area contributed by atoms with Gasteiger partial charge in [-0.15, -0.1) is 0 Å². The Balaban J connectivity index is 1.36. The molecule has 0 atom stereocenters. The third-order valence-corrected chi connectivity index (χ3v) is 12.4. The summed E-state index contributed by atoms with van der Waals surface area (Å²) in [7, 11) is 0. The van der Waals surface area contributed by atoms with Crippen molar-refractivity contribution >= 4 is 94.1 Å². The summed E-state index contributed by atoms with van der Waals surface area (Å²) in [5, 5.41) is 17.5. The van der Waals surface area contributed by atoms with Crippen LogP contribution in [0, 0.1) is 0 Å². The zero-order valence-electron chi connectivity index (χ0n) is 14.9. The molecule has 146 valence electrons. The fraction of sp³-hybridized carbons (Fsp3) is 0.200. The standard InChI is InChI=1S/C20H18S8/c1(3-15(19-25-9-10-26-19)13-17-21-5-6-22-17)2-4-16(20-27-11-12-28-20)14-18-23-7-8-24-18/h5-14H,1-4H2. The maximum Gasteiger partial charge on any atom is 0.0519 e. The van der Waals surface area contributed by atoms with Crippen LogP contribution in [0.1, 0.15) is 25.7 Å². The van der Waals surface area contributed by atoms with E-state index in [1.165, 1.54) is 40.9 Å². The lowest BCUT2D eigenvalue weighted by atomic mass is 10.1. The molecule has 0 amide bonds. The fourth-order valence-electron chi connectivity index (χ4n) is 2.67. The molecule has 0 radical (unpaired) electrons. The zero-order chi connectivity index (χ0) is 19.0. The minimum atomic E-state index is 1.16.